The SMILES string of the molecule is CSC1CNC(C)(C)C1. The van der Waals surface area contributed by atoms with Crippen molar-refractivity contribution in [2.24, 2.45) is 0 Å². The van der Waals surface area contributed by atoms with E-state index >= 15 is 0 Å². The van der Waals surface area contributed by atoms with Gasteiger partial charge < -0.3 is 5.32 Å². The molecular formula is C7H15NS. The first-order valence-corrected chi connectivity index (χ1v) is 4.71. The molecule has 0 aromatic carbocycles. The molecule has 0 aliphatic carbocycles. The molecule has 1 heterocycles. The molecule has 0 saturated carbocycles. The van der Waals surface area contributed by atoms with Gasteiger partial charge in [0.1, 0.15) is 0 Å². The van der Waals surface area contributed by atoms with Crippen molar-refractivity contribution >= 4 is 11.8 Å². The summed E-state index contributed by atoms with van der Waals surface area (Å²) >= 11 is 1.97. The Bertz CT molecular complexity index is 101. The van der Waals surface area contributed by atoms with Crippen LogP contribution in [0.5, 0.6) is 0 Å². The van der Waals surface area contributed by atoms with E-state index in [1.807, 2.05) is 11.8 Å². The first-order valence-electron chi connectivity index (χ1n) is 3.42. The summed E-state index contributed by atoms with van der Waals surface area (Å²) in [4.78, 5) is 0. The third-order valence-electron chi connectivity index (χ3n) is 1.88. The van der Waals surface area contributed by atoms with Crippen LogP contribution in [0.4, 0.5) is 0 Å². The van der Waals surface area contributed by atoms with Crippen LogP contribution in [-0.4, -0.2) is 23.6 Å². The van der Waals surface area contributed by atoms with Crippen molar-refractivity contribution < 1.29 is 0 Å². The van der Waals surface area contributed by atoms with E-state index in [0.717, 1.165) is 5.25 Å². The van der Waals surface area contributed by atoms with E-state index in [4.69, 9.17) is 0 Å². The fourth-order valence-corrected chi connectivity index (χ4v) is 2.10. The average Bonchev–Trinajstić information content (AvgIpc) is 2.10. The summed E-state index contributed by atoms with van der Waals surface area (Å²) in [6.07, 6.45) is 3.50. The normalized spacial score (nSPS) is 33.0. The first-order chi connectivity index (χ1) is 4.14. The lowest BCUT2D eigenvalue weighted by Crippen LogP contribution is -2.31. The van der Waals surface area contributed by atoms with Crippen LogP contribution < -0.4 is 5.32 Å². The predicted octanol–water partition coefficient (Wildman–Crippen LogP) is 1.49. The van der Waals surface area contributed by atoms with Crippen molar-refractivity contribution in [1.82, 2.24) is 5.32 Å². The lowest BCUT2D eigenvalue weighted by Gasteiger charge is -2.16. The number of hydrogen-bond acceptors (Lipinski definition) is 2. The Morgan fingerprint density at radius 2 is 2.22 bits per heavy atom. The van der Waals surface area contributed by atoms with Gasteiger partial charge in [-0.2, -0.15) is 11.8 Å². The average molecular weight is 145 g/mol. The van der Waals surface area contributed by atoms with Crippen molar-refractivity contribution in [3.05, 3.63) is 0 Å². The van der Waals surface area contributed by atoms with E-state index in [9.17, 15) is 0 Å². The summed E-state index contributed by atoms with van der Waals surface area (Å²) in [5.74, 6) is 0. The largest absolute Gasteiger partial charge is 0.311 e. The van der Waals surface area contributed by atoms with E-state index in [1.54, 1.807) is 0 Å². The Morgan fingerprint density at radius 3 is 2.44 bits per heavy atom. The minimum absolute atomic E-state index is 0.397. The molecule has 54 valence electrons. The lowest BCUT2D eigenvalue weighted by atomic mass is 10.0. The zero-order chi connectivity index (χ0) is 6.91. The zero-order valence-electron chi connectivity index (χ0n) is 6.40. The molecule has 0 bridgehead atoms. The van der Waals surface area contributed by atoms with Crippen molar-refractivity contribution in [2.45, 2.75) is 31.1 Å². The molecule has 1 aliphatic heterocycles. The molecule has 2 heteroatoms. The molecule has 0 spiro atoms. The van der Waals surface area contributed by atoms with Gasteiger partial charge in [0.25, 0.3) is 0 Å². The molecule has 1 nitrogen and oxygen atoms in total. The summed E-state index contributed by atoms with van der Waals surface area (Å²) in [5.41, 5.74) is 0.397. The number of rotatable bonds is 1. The van der Waals surface area contributed by atoms with Gasteiger partial charge in [-0.25, -0.2) is 0 Å². The van der Waals surface area contributed by atoms with Crippen molar-refractivity contribution in [2.75, 3.05) is 12.8 Å². The van der Waals surface area contributed by atoms with Gasteiger partial charge in [0.15, 0.2) is 0 Å². The first kappa shape index (κ1) is 7.42. The van der Waals surface area contributed by atoms with Crippen molar-refractivity contribution in [3.63, 3.8) is 0 Å². The molecular weight excluding hydrogens is 130 g/mol. The third kappa shape index (κ3) is 1.87. The highest BCUT2D eigenvalue weighted by Gasteiger charge is 2.29. The molecule has 0 aromatic rings. The van der Waals surface area contributed by atoms with Crippen LogP contribution in [0, 0.1) is 0 Å². The van der Waals surface area contributed by atoms with Crippen molar-refractivity contribution in [3.8, 4) is 0 Å². The maximum Gasteiger partial charge on any atom is 0.0187 e. The van der Waals surface area contributed by atoms with Gasteiger partial charge in [-0.1, -0.05) is 0 Å². The molecule has 1 aliphatic rings. The highest BCUT2D eigenvalue weighted by Crippen LogP contribution is 2.25. The second-order valence-corrected chi connectivity index (χ2v) is 4.46. The molecule has 1 saturated heterocycles. The summed E-state index contributed by atoms with van der Waals surface area (Å²) in [6.45, 7) is 5.72. The Kier molecular flexibility index (Phi) is 2.07. The Morgan fingerprint density at radius 1 is 1.56 bits per heavy atom. The Hall–Kier alpha value is 0.310. The topological polar surface area (TPSA) is 12.0 Å². The predicted molar refractivity (Wildman–Crippen MR) is 44.0 cm³/mol. The number of hydrogen-bond donors (Lipinski definition) is 1. The standard InChI is InChI=1S/C7H15NS/c1-7(2)4-6(9-3)5-8-7/h6,8H,4-5H2,1-3H3. The maximum atomic E-state index is 3.48. The molecule has 9 heavy (non-hydrogen) atoms. The van der Waals surface area contributed by atoms with E-state index in [-0.39, 0.29) is 0 Å². The van der Waals surface area contributed by atoms with Crippen LogP contribution in [0.2, 0.25) is 0 Å². The molecule has 1 unspecified atom stereocenters. The highest BCUT2D eigenvalue weighted by atomic mass is 32.2. The molecule has 0 amide bonds. The maximum absolute atomic E-state index is 3.48. The van der Waals surface area contributed by atoms with E-state index in [2.05, 4.69) is 25.4 Å². The summed E-state index contributed by atoms with van der Waals surface area (Å²) in [6, 6.07) is 0. The minimum Gasteiger partial charge on any atom is -0.311 e. The molecule has 0 aromatic heterocycles. The summed E-state index contributed by atoms with van der Waals surface area (Å²) in [7, 11) is 0. The van der Waals surface area contributed by atoms with Crippen LogP contribution >= 0.6 is 11.8 Å². The van der Waals surface area contributed by atoms with Crippen LogP contribution in [0.3, 0.4) is 0 Å². The van der Waals surface area contributed by atoms with E-state index in [0.29, 0.717) is 5.54 Å². The quantitative estimate of drug-likeness (QED) is 0.600. The molecule has 1 fully saturated rings. The molecule has 1 atom stereocenters. The van der Waals surface area contributed by atoms with Gasteiger partial charge in [-0.15, -0.1) is 0 Å². The van der Waals surface area contributed by atoms with Gasteiger partial charge in [0.2, 0.25) is 0 Å². The van der Waals surface area contributed by atoms with E-state index in [1.165, 1.54) is 13.0 Å². The van der Waals surface area contributed by atoms with Gasteiger partial charge in [0, 0.05) is 17.3 Å². The second-order valence-electron chi connectivity index (χ2n) is 3.33. The molecule has 0 radical (unpaired) electrons. The number of nitrogens with one attached hydrogen (secondary N) is 1. The smallest absolute Gasteiger partial charge is 0.0187 e. The Balaban J connectivity index is 2.38. The molecule has 1 rings (SSSR count). The van der Waals surface area contributed by atoms with Crippen LogP contribution in [-0.2, 0) is 0 Å². The third-order valence-corrected chi connectivity index (χ3v) is 2.88. The van der Waals surface area contributed by atoms with Crippen LogP contribution in [0.1, 0.15) is 20.3 Å². The van der Waals surface area contributed by atoms with Crippen LogP contribution in [0.25, 0.3) is 0 Å². The van der Waals surface area contributed by atoms with Gasteiger partial charge in [-0.05, 0) is 26.5 Å². The van der Waals surface area contributed by atoms with Gasteiger partial charge >= 0.3 is 0 Å². The Labute approximate surface area is 61.6 Å². The number of thioether (sulfide) groups is 1. The van der Waals surface area contributed by atoms with Gasteiger partial charge in [-0.3, -0.25) is 0 Å². The fraction of sp³-hybridized carbons (Fsp3) is 1.00. The van der Waals surface area contributed by atoms with Crippen molar-refractivity contribution in [1.29, 1.82) is 0 Å². The lowest BCUT2D eigenvalue weighted by molar-refractivity contribution is 0.461. The monoisotopic (exact) mass is 145 g/mol. The van der Waals surface area contributed by atoms with Crippen LogP contribution in [0.15, 0.2) is 0 Å². The van der Waals surface area contributed by atoms with E-state index < -0.39 is 0 Å². The molecule has 1 N–H and O–H groups in total. The zero-order valence-corrected chi connectivity index (χ0v) is 7.22. The fourth-order valence-electron chi connectivity index (χ4n) is 1.27. The van der Waals surface area contributed by atoms with Gasteiger partial charge in [0.05, 0.1) is 0 Å². The summed E-state index contributed by atoms with van der Waals surface area (Å²) in [5, 5.41) is 4.32. The minimum atomic E-state index is 0.397. The summed E-state index contributed by atoms with van der Waals surface area (Å²) < 4.78 is 0. The second kappa shape index (κ2) is 2.51. The highest BCUT2D eigenvalue weighted by molar-refractivity contribution is 7.99.